The molecule has 0 aliphatic carbocycles. The van der Waals surface area contributed by atoms with E-state index in [0.717, 1.165) is 24.5 Å². The Morgan fingerprint density at radius 3 is 3.00 bits per heavy atom. The Morgan fingerprint density at radius 1 is 1.35 bits per heavy atom. The van der Waals surface area contributed by atoms with Crippen LogP contribution in [0.15, 0.2) is 29.2 Å². The van der Waals surface area contributed by atoms with E-state index in [1.54, 1.807) is 22.4 Å². The number of hydrogen-bond donors (Lipinski definition) is 1. The van der Waals surface area contributed by atoms with Crippen LogP contribution in [0.1, 0.15) is 6.42 Å². The van der Waals surface area contributed by atoms with Crippen molar-refractivity contribution in [2.45, 2.75) is 13.0 Å². The number of rotatable bonds is 6. The summed E-state index contributed by atoms with van der Waals surface area (Å²) < 4.78 is 3.08. The lowest BCUT2D eigenvalue weighted by Crippen LogP contribution is -2.22. The van der Waals surface area contributed by atoms with Crippen molar-refractivity contribution in [2.75, 3.05) is 18.1 Å². The number of hydrogen-bond acceptors (Lipinski definition) is 4. The molecular weight excluding hydrogens is 236 g/mol. The van der Waals surface area contributed by atoms with Crippen LogP contribution in [-0.2, 0) is 6.54 Å². The minimum Gasteiger partial charge on any atom is -0.330 e. The van der Waals surface area contributed by atoms with E-state index in [0.29, 0.717) is 12.2 Å². The zero-order valence-electron chi connectivity index (χ0n) is 9.58. The lowest BCUT2D eigenvalue weighted by atomic mass is 10.5. The standard InChI is InChI=1S/C11H16N4OS/c12-5-3-8-17-9-7-15-11(16)14-6-2-1-4-10(14)13-15/h1-2,4,6H,3,5,7-9,12H2. The molecule has 0 saturated heterocycles. The number of aryl methyl sites for hydroxylation is 1. The van der Waals surface area contributed by atoms with Gasteiger partial charge in [-0.25, -0.2) is 9.48 Å². The molecule has 2 heterocycles. The first-order valence-corrected chi connectivity index (χ1v) is 6.80. The molecule has 0 amide bonds. The number of fused-ring (bicyclic) bond motifs is 1. The van der Waals surface area contributed by atoms with E-state index < -0.39 is 0 Å². The van der Waals surface area contributed by atoms with E-state index in [4.69, 9.17) is 5.73 Å². The van der Waals surface area contributed by atoms with Crippen molar-refractivity contribution in [1.29, 1.82) is 0 Å². The fraction of sp³-hybridized carbons (Fsp3) is 0.455. The lowest BCUT2D eigenvalue weighted by Gasteiger charge is -1.99. The Hall–Kier alpha value is -1.27. The van der Waals surface area contributed by atoms with Crippen LogP contribution in [0.3, 0.4) is 0 Å². The van der Waals surface area contributed by atoms with Gasteiger partial charge in [-0.15, -0.1) is 5.10 Å². The molecule has 2 rings (SSSR count). The smallest absolute Gasteiger partial charge is 0.330 e. The summed E-state index contributed by atoms with van der Waals surface area (Å²) in [6, 6.07) is 5.54. The Morgan fingerprint density at radius 2 is 2.24 bits per heavy atom. The average Bonchev–Trinajstić information content (AvgIpc) is 2.67. The van der Waals surface area contributed by atoms with Gasteiger partial charge in [0.25, 0.3) is 0 Å². The highest BCUT2D eigenvalue weighted by molar-refractivity contribution is 7.99. The highest BCUT2D eigenvalue weighted by Gasteiger charge is 2.04. The van der Waals surface area contributed by atoms with Crippen LogP contribution in [0.2, 0.25) is 0 Å². The third-order valence-electron chi connectivity index (χ3n) is 2.43. The molecule has 0 unspecified atom stereocenters. The molecule has 0 saturated carbocycles. The van der Waals surface area contributed by atoms with Crippen LogP contribution < -0.4 is 11.4 Å². The Bertz CT molecular complexity index is 533. The van der Waals surface area contributed by atoms with Crippen molar-refractivity contribution >= 4 is 17.4 Å². The molecule has 17 heavy (non-hydrogen) atoms. The summed E-state index contributed by atoms with van der Waals surface area (Å²) >= 11 is 1.80. The van der Waals surface area contributed by atoms with Crippen molar-refractivity contribution < 1.29 is 0 Å². The Balaban J connectivity index is 1.99. The number of nitrogens with zero attached hydrogens (tertiary/aromatic N) is 3. The quantitative estimate of drug-likeness (QED) is 0.764. The van der Waals surface area contributed by atoms with Crippen LogP contribution in [0.4, 0.5) is 0 Å². The van der Waals surface area contributed by atoms with Gasteiger partial charge in [-0.1, -0.05) is 6.07 Å². The molecule has 92 valence electrons. The predicted octanol–water partition coefficient (Wildman–Crippen LogP) is 0.578. The fourth-order valence-electron chi connectivity index (χ4n) is 1.55. The van der Waals surface area contributed by atoms with E-state index in [1.807, 2.05) is 18.2 Å². The Kier molecular flexibility index (Phi) is 4.22. The predicted molar refractivity (Wildman–Crippen MR) is 70.4 cm³/mol. The highest BCUT2D eigenvalue weighted by Crippen LogP contribution is 2.02. The average molecular weight is 252 g/mol. The molecule has 0 aliphatic rings. The lowest BCUT2D eigenvalue weighted by molar-refractivity contribution is 0.639. The molecule has 5 nitrogen and oxygen atoms in total. The van der Waals surface area contributed by atoms with Crippen LogP contribution in [0.5, 0.6) is 0 Å². The number of thioether (sulfide) groups is 1. The molecule has 0 bridgehead atoms. The summed E-state index contributed by atoms with van der Waals surface area (Å²) in [5, 5.41) is 4.26. The van der Waals surface area contributed by atoms with Gasteiger partial charge in [-0.05, 0) is 30.9 Å². The maximum absolute atomic E-state index is 11.9. The first-order valence-electron chi connectivity index (χ1n) is 5.65. The van der Waals surface area contributed by atoms with Gasteiger partial charge in [-0.2, -0.15) is 11.8 Å². The number of pyridine rings is 1. The molecule has 0 radical (unpaired) electrons. The summed E-state index contributed by atoms with van der Waals surface area (Å²) in [7, 11) is 0. The van der Waals surface area contributed by atoms with Gasteiger partial charge in [-0.3, -0.25) is 4.40 Å². The molecule has 2 N–H and O–H groups in total. The van der Waals surface area contributed by atoms with Gasteiger partial charge in [0.15, 0.2) is 5.65 Å². The summed E-state index contributed by atoms with van der Waals surface area (Å²) in [5.41, 5.74) is 6.04. The first kappa shape index (κ1) is 12.2. The normalized spacial score (nSPS) is 11.1. The summed E-state index contributed by atoms with van der Waals surface area (Å²) in [6.07, 6.45) is 2.76. The second kappa shape index (κ2) is 5.88. The van der Waals surface area contributed by atoms with Crippen LogP contribution >= 0.6 is 11.8 Å². The molecule has 0 aromatic carbocycles. The van der Waals surface area contributed by atoms with Gasteiger partial charge < -0.3 is 5.73 Å². The molecule has 2 aromatic rings. The second-order valence-corrected chi connectivity index (χ2v) is 4.91. The van der Waals surface area contributed by atoms with E-state index >= 15 is 0 Å². The molecule has 0 fully saturated rings. The van der Waals surface area contributed by atoms with Crippen molar-refractivity contribution in [3.05, 3.63) is 34.9 Å². The summed E-state index contributed by atoms with van der Waals surface area (Å²) in [4.78, 5) is 11.9. The van der Waals surface area contributed by atoms with E-state index in [1.165, 1.54) is 4.68 Å². The largest absolute Gasteiger partial charge is 0.350 e. The molecule has 0 aliphatic heterocycles. The van der Waals surface area contributed by atoms with E-state index in [9.17, 15) is 4.79 Å². The number of aromatic nitrogens is 3. The highest BCUT2D eigenvalue weighted by atomic mass is 32.2. The Labute approximate surface area is 104 Å². The molecular formula is C11H16N4OS. The van der Waals surface area contributed by atoms with E-state index in [-0.39, 0.29) is 5.69 Å². The first-order chi connectivity index (χ1) is 8.33. The molecule has 0 atom stereocenters. The van der Waals surface area contributed by atoms with Crippen molar-refractivity contribution in [3.63, 3.8) is 0 Å². The van der Waals surface area contributed by atoms with Crippen molar-refractivity contribution in [1.82, 2.24) is 14.2 Å². The van der Waals surface area contributed by atoms with Gasteiger partial charge in [0.05, 0.1) is 6.54 Å². The summed E-state index contributed by atoms with van der Waals surface area (Å²) in [5.74, 6) is 1.93. The number of nitrogens with two attached hydrogens (primary N) is 1. The zero-order chi connectivity index (χ0) is 12.1. The zero-order valence-corrected chi connectivity index (χ0v) is 10.4. The SMILES string of the molecule is NCCCSCCn1nc2ccccn2c1=O. The van der Waals surface area contributed by atoms with Crippen molar-refractivity contribution in [3.8, 4) is 0 Å². The molecule has 2 aromatic heterocycles. The third kappa shape index (κ3) is 2.89. The maximum atomic E-state index is 11.9. The fourth-order valence-corrected chi connectivity index (χ4v) is 2.43. The minimum atomic E-state index is -0.0694. The monoisotopic (exact) mass is 252 g/mol. The third-order valence-corrected chi connectivity index (χ3v) is 3.48. The van der Waals surface area contributed by atoms with E-state index in [2.05, 4.69) is 5.10 Å². The van der Waals surface area contributed by atoms with Crippen LogP contribution in [-0.4, -0.2) is 32.2 Å². The van der Waals surface area contributed by atoms with Gasteiger partial charge in [0, 0.05) is 11.9 Å². The minimum absolute atomic E-state index is 0.0694. The maximum Gasteiger partial charge on any atom is 0.350 e. The second-order valence-electron chi connectivity index (χ2n) is 3.69. The van der Waals surface area contributed by atoms with Crippen LogP contribution in [0.25, 0.3) is 5.65 Å². The van der Waals surface area contributed by atoms with Crippen molar-refractivity contribution in [2.24, 2.45) is 5.73 Å². The van der Waals surface area contributed by atoms with Gasteiger partial charge in [0.2, 0.25) is 0 Å². The van der Waals surface area contributed by atoms with Gasteiger partial charge in [0.1, 0.15) is 0 Å². The molecule has 0 spiro atoms. The summed E-state index contributed by atoms with van der Waals surface area (Å²) in [6.45, 7) is 1.37. The molecule has 6 heteroatoms. The van der Waals surface area contributed by atoms with Gasteiger partial charge >= 0.3 is 5.69 Å². The topological polar surface area (TPSA) is 65.3 Å². The van der Waals surface area contributed by atoms with Crippen LogP contribution in [0, 0.1) is 0 Å².